The van der Waals surface area contributed by atoms with E-state index in [1.807, 2.05) is 0 Å². The predicted molar refractivity (Wildman–Crippen MR) is 91.0 cm³/mol. The maximum absolute atomic E-state index is 12.3. The van der Waals surface area contributed by atoms with Gasteiger partial charge in [0.1, 0.15) is 0 Å². The minimum absolute atomic E-state index is 0.150. The van der Waals surface area contributed by atoms with E-state index in [9.17, 15) is 23.2 Å². The van der Waals surface area contributed by atoms with Gasteiger partial charge in [-0.3, -0.25) is 14.4 Å². The first-order chi connectivity index (χ1) is 12.7. The van der Waals surface area contributed by atoms with E-state index in [4.69, 9.17) is 0 Å². The zero-order valence-electron chi connectivity index (χ0n) is 14.7. The summed E-state index contributed by atoms with van der Waals surface area (Å²) in [4.78, 5) is 36.1. The molecule has 0 unspecified atom stereocenters. The molecule has 0 aliphatic carbocycles. The van der Waals surface area contributed by atoms with E-state index in [1.54, 1.807) is 0 Å². The van der Waals surface area contributed by atoms with Crippen molar-refractivity contribution in [1.29, 1.82) is 0 Å². The number of carbonyl (C=O) groups is 3. The van der Waals surface area contributed by atoms with E-state index in [0.717, 1.165) is 10.7 Å². The van der Waals surface area contributed by atoms with E-state index in [0.29, 0.717) is 0 Å². The average molecular weight is 381 g/mol. The number of carbonyl (C=O) groups excluding carboxylic acids is 3. The minimum Gasteiger partial charge on any atom is -0.417 e. The van der Waals surface area contributed by atoms with Crippen molar-refractivity contribution in [1.82, 2.24) is 20.4 Å². The summed E-state index contributed by atoms with van der Waals surface area (Å²) in [5.74, 6) is -1.93. The minimum atomic E-state index is -3.06. The number of nitrogens with zero attached hydrogens (tertiary/aromatic N) is 2. The van der Waals surface area contributed by atoms with Gasteiger partial charge in [0, 0.05) is 44.0 Å². The highest BCUT2D eigenvalue weighted by molar-refractivity contribution is 6.06. The second-order valence-corrected chi connectivity index (χ2v) is 5.28. The van der Waals surface area contributed by atoms with Crippen LogP contribution in [0.15, 0.2) is 24.3 Å². The van der Waals surface area contributed by atoms with Gasteiger partial charge in [-0.25, -0.2) is 4.68 Å². The quantitative estimate of drug-likeness (QED) is 0.691. The van der Waals surface area contributed by atoms with Gasteiger partial charge in [0.2, 0.25) is 5.88 Å². The second kappa shape index (κ2) is 8.25. The Kier molecular flexibility index (Phi) is 6.06. The van der Waals surface area contributed by atoms with Crippen molar-refractivity contribution in [2.45, 2.75) is 6.61 Å². The number of aryl methyl sites for hydroxylation is 1. The van der Waals surface area contributed by atoms with Crippen LogP contribution in [0.5, 0.6) is 5.88 Å². The zero-order valence-corrected chi connectivity index (χ0v) is 14.7. The molecule has 0 radical (unpaired) electrons. The topological polar surface area (TPSA) is 114 Å². The van der Waals surface area contributed by atoms with E-state index in [-0.39, 0.29) is 28.4 Å². The number of ether oxygens (including phenoxy) is 1. The summed E-state index contributed by atoms with van der Waals surface area (Å²) in [6.07, 6.45) is 0. The molecule has 0 aliphatic heterocycles. The number of aromatic nitrogens is 2. The first kappa shape index (κ1) is 19.8. The fourth-order valence-corrected chi connectivity index (χ4v) is 2.21. The highest BCUT2D eigenvalue weighted by Gasteiger charge is 2.18. The van der Waals surface area contributed by atoms with Gasteiger partial charge in [-0.2, -0.15) is 13.9 Å². The third-order valence-electron chi connectivity index (χ3n) is 3.45. The first-order valence-corrected chi connectivity index (χ1v) is 7.64. The van der Waals surface area contributed by atoms with Crippen LogP contribution in [-0.4, -0.2) is 48.2 Å². The van der Waals surface area contributed by atoms with Crippen LogP contribution in [0.3, 0.4) is 0 Å². The van der Waals surface area contributed by atoms with Crippen LogP contribution >= 0.6 is 0 Å². The molecule has 3 amide bonds. The van der Waals surface area contributed by atoms with E-state index in [2.05, 4.69) is 25.8 Å². The molecular formula is C16H17F2N5O4. The van der Waals surface area contributed by atoms with Crippen molar-refractivity contribution in [3.8, 4) is 5.88 Å². The first-order valence-electron chi connectivity index (χ1n) is 7.64. The molecule has 0 fully saturated rings. The van der Waals surface area contributed by atoms with Gasteiger partial charge in [0.05, 0.1) is 0 Å². The molecule has 2 rings (SSSR count). The molecule has 11 heteroatoms. The van der Waals surface area contributed by atoms with Crippen molar-refractivity contribution < 1.29 is 27.9 Å². The molecule has 1 heterocycles. The zero-order chi connectivity index (χ0) is 20.1. The van der Waals surface area contributed by atoms with Crippen molar-refractivity contribution in [3.63, 3.8) is 0 Å². The van der Waals surface area contributed by atoms with Crippen LogP contribution in [0.1, 0.15) is 31.2 Å². The third-order valence-corrected chi connectivity index (χ3v) is 3.45. The molecule has 0 bridgehead atoms. The number of amides is 3. The molecule has 0 aliphatic rings. The Morgan fingerprint density at radius 2 is 1.56 bits per heavy atom. The number of hydrogen-bond donors (Lipinski definition) is 3. The maximum Gasteiger partial charge on any atom is 0.388 e. The number of rotatable bonds is 6. The second-order valence-electron chi connectivity index (χ2n) is 5.28. The molecule has 144 valence electrons. The summed E-state index contributed by atoms with van der Waals surface area (Å²) in [7, 11) is 4.18. The number of alkyl halides is 2. The summed E-state index contributed by atoms with van der Waals surface area (Å²) in [5.41, 5.74) is 0.273. The molecule has 27 heavy (non-hydrogen) atoms. The fraction of sp³-hybridized carbons (Fsp3) is 0.250. The Morgan fingerprint density at radius 1 is 1.00 bits per heavy atom. The van der Waals surface area contributed by atoms with Gasteiger partial charge in [-0.05, 0) is 18.2 Å². The normalized spacial score (nSPS) is 10.4. The predicted octanol–water partition coefficient (Wildman–Crippen LogP) is 0.993. The highest BCUT2D eigenvalue weighted by atomic mass is 19.3. The average Bonchev–Trinajstić information content (AvgIpc) is 3.00. The van der Waals surface area contributed by atoms with Gasteiger partial charge in [0.25, 0.3) is 17.7 Å². The summed E-state index contributed by atoms with van der Waals surface area (Å²) < 4.78 is 29.9. The number of benzene rings is 1. The molecule has 0 saturated heterocycles. The van der Waals surface area contributed by atoms with Crippen molar-refractivity contribution in [3.05, 3.63) is 41.1 Å². The molecule has 0 saturated carbocycles. The summed E-state index contributed by atoms with van der Waals surface area (Å²) in [6.45, 7) is -3.06. The Labute approximate surface area is 152 Å². The SMILES string of the molecule is CNC(=O)c1cc(NC(=O)c2cc(OC(F)F)n(C)n2)cc(C(=O)NC)c1. The lowest BCUT2D eigenvalue weighted by Gasteiger charge is -2.09. The van der Waals surface area contributed by atoms with E-state index < -0.39 is 24.3 Å². The van der Waals surface area contributed by atoms with Crippen LogP contribution in [0.25, 0.3) is 0 Å². The molecule has 1 aromatic carbocycles. The van der Waals surface area contributed by atoms with Crippen molar-refractivity contribution >= 4 is 23.4 Å². The number of halogens is 2. The molecule has 0 atom stereocenters. The molecular weight excluding hydrogens is 364 g/mol. The largest absolute Gasteiger partial charge is 0.417 e. The van der Waals surface area contributed by atoms with Crippen LogP contribution in [0.4, 0.5) is 14.5 Å². The highest BCUT2D eigenvalue weighted by Crippen LogP contribution is 2.19. The Hall–Kier alpha value is -3.50. The maximum atomic E-state index is 12.3. The smallest absolute Gasteiger partial charge is 0.388 e. The fourth-order valence-electron chi connectivity index (χ4n) is 2.21. The lowest BCUT2D eigenvalue weighted by atomic mass is 10.1. The third kappa shape index (κ3) is 4.77. The van der Waals surface area contributed by atoms with Gasteiger partial charge in [-0.1, -0.05) is 0 Å². The van der Waals surface area contributed by atoms with Crippen LogP contribution < -0.4 is 20.7 Å². The number of anilines is 1. The Bertz CT molecular complexity index is 847. The summed E-state index contributed by atoms with van der Waals surface area (Å²) >= 11 is 0. The molecule has 2 aromatic rings. The summed E-state index contributed by atoms with van der Waals surface area (Å²) in [6, 6.07) is 5.14. The van der Waals surface area contributed by atoms with Gasteiger partial charge in [0.15, 0.2) is 5.69 Å². The lowest BCUT2D eigenvalue weighted by Crippen LogP contribution is -2.22. The molecule has 1 aromatic heterocycles. The molecule has 3 N–H and O–H groups in total. The van der Waals surface area contributed by atoms with Crippen LogP contribution in [-0.2, 0) is 7.05 Å². The van der Waals surface area contributed by atoms with Gasteiger partial charge >= 0.3 is 6.61 Å². The van der Waals surface area contributed by atoms with Crippen LogP contribution in [0, 0.1) is 0 Å². The monoisotopic (exact) mass is 381 g/mol. The van der Waals surface area contributed by atoms with Gasteiger partial charge in [-0.15, -0.1) is 0 Å². The van der Waals surface area contributed by atoms with Crippen LogP contribution in [0.2, 0.25) is 0 Å². The summed E-state index contributed by atoms with van der Waals surface area (Å²) in [5, 5.41) is 11.1. The van der Waals surface area contributed by atoms with E-state index >= 15 is 0 Å². The lowest BCUT2D eigenvalue weighted by molar-refractivity contribution is -0.0553. The van der Waals surface area contributed by atoms with Crippen molar-refractivity contribution in [2.24, 2.45) is 7.05 Å². The molecule has 9 nitrogen and oxygen atoms in total. The van der Waals surface area contributed by atoms with E-state index in [1.165, 1.54) is 39.3 Å². The Morgan fingerprint density at radius 3 is 2.04 bits per heavy atom. The molecule has 0 spiro atoms. The van der Waals surface area contributed by atoms with Crippen molar-refractivity contribution in [2.75, 3.05) is 19.4 Å². The number of nitrogens with one attached hydrogen (secondary N) is 3. The number of hydrogen-bond acceptors (Lipinski definition) is 5. The van der Waals surface area contributed by atoms with Gasteiger partial charge < -0.3 is 20.7 Å². The standard InChI is InChI=1S/C16H17F2N5O4/c1-19-13(24)8-4-9(14(25)20-2)6-10(5-8)21-15(26)11-7-12(23(3)22-11)27-16(17)18/h4-7,16H,1-3H3,(H,19,24)(H,20,25)(H,21,26). The Balaban J connectivity index is 2.31.